The molecule has 0 aliphatic carbocycles. The van der Waals surface area contributed by atoms with Gasteiger partial charge in [-0.3, -0.25) is 4.90 Å². The van der Waals surface area contributed by atoms with Gasteiger partial charge in [0.15, 0.2) is 0 Å². The molecule has 1 saturated heterocycles. The number of aryl methyl sites for hydroxylation is 1. The Morgan fingerprint density at radius 2 is 1.95 bits per heavy atom. The van der Waals surface area contributed by atoms with E-state index in [1.165, 1.54) is 11.1 Å². The smallest absolute Gasteiger partial charge is 0.0645 e. The third-order valence-corrected chi connectivity index (χ3v) is 4.49. The molecule has 2 N–H and O–H groups in total. The predicted octanol–water partition coefficient (Wildman–Crippen LogP) is 2.75. The summed E-state index contributed by atoms with van der Waals surface area (Å²) in [5, 5.41) is 0. The molecule has 1 fully saturated rings. The molecule has 1 heterocycles. The van der Waals surface area contributed by atoms with Gasteiger partial charge < -0.3 is 10.5 Å². The zero-order valence-corrected chi connectivity index (χ0v) is 13.2. The van der Waals surface area contributed by atoms with Crippen LogP contribution in [0, 0.1) is 0 Å². The molecule has 3 nitrogen and oxygen atoms in total. The fourth-order valence-corrected chi connectivity index (χ4v) is 3.07. The average molecular weight is 276 g/mol. The van der Waals surface area contributed by atoms with E-state index in [2.05, 4.69) is 56.9 Å². The van der Waals surface area contributed by atoms with E-state index in [0.29, 0.717) is 6.04 Å². The third kappa shape index (κ3) is 3.22. The molecule has 0 saturated carbocycles. The Bertz CT molecular complexity index is 427. The summed E-state index contributed by atoms with van der Waals surface area (Å²) in [6.45, 7) is 11.4. The predicted molar refractivity (Wildman–Crippen MR) is 83.8 cm³/mol. The Balaban J connectivity index is 2.12. The van der Waals surface area contributed by atoms with Crippen LogP contribution in [0.1, 0.15) is 44.9 Å². The van der Waals surface area contributed by atoms with Gasteiger partial charge in [-0.1, -0.05) is 31.2 Å². The lowest BCUT2D eigenvalue weighted by Gasteiger charge is -2.47. The molecule has 112 valence electrons. The number of hydrogen-bond donors (Lipinski definition) is 1. The molecule has 1 aromatic carbocycles. The summed E-state index contributed by atoms with van der Waals surface area (Å²) in [5.41, 5.74) is 9.13. The first-order valence-electron chi connectivity index (χ1n) is 7.64. The van der Waals surface area contributed by atoms with Crippen molar-refractivity contribution < 1.29 is 4.74 Å². The van der Waals surface area contributed by atoms with E-state index < -0.39 is 0 Å². The first kappa shape index (κ1) is 15.5. The molecule has 0 bridgehead atoms. The summed E-state index contributed by atoms with van der Waals surface area (Å²) >= 11 is 0. The van der Waals surface area contributed by atoms with Gasteiger partial charge in [-0.05, 0) is 38.3 Å². The summed E-state index contributed by atoms with van der Waals surface area (Å²) in [4.78, 5) is 2.48. The highest BCUT2D eigenvalue weighted by atomic mass is 16.5. The van der Waals surface area contributed by atoms with Gasteiger partial charge in [0, 0.05) is 24.2 Å². The Morgan fingerprint density at radius 3 is 2.50 bits per heavy atom. The van der Waals surface area contributed by atoms with Crippen LogP contribution >= 0.6 is 0 Å². The maximum atomic E-state index is 6.50. The molecule has 0 radical (unpaired) electrons. The van der Waals surface area contributed by atoms with Gasteiger partial charge in [-0.25, -0.2) is 0 Å². The zero-order chi connectivity index (χ0) is 14.8. The van der Waals surface area contributed by atoms with Crippen LogP contribution in [0.4, 0.5) is 0 Å². The highest BCUT2D eigenvalue weighted by Crippen LogP contribution is 2.27. The fraction of sp³-hybridized carbons (Fsp3) is 0.647. The Kier molecular flexibility index (Phi) is 4.84. The van der Waals surface area contributed by atoms with Crippen LogP contribution in [-0.2, 0) is 11.2 Å². The summed E-state index contributed by atoms with van der Waals surface area (Å²) in [5.74, 6) is 0. The highest BCUT2D eigenvalue weighted by Gasteiger charge is 2.36. The lowest BCUT2D eigenvalue weighted by atomic mass is 9.93. The van der Waals surface area contributed by atoms with Gasteiger partial charge in [-0.15, -0.1) is 0 Å². The van der Waals surface area contributed by atoms with E-state index in [0.717, 1.165) is 26.2 Å². The second kappa shape index (κ2) is 6.25. The van der Waals surface area contributed by atoms with Crippen LogP contribution in [-0.4, -0.2) is 36.2 Å². The topological polar surface area (TPSA) is 38.5 Å². The minimum atomic E-state index is 0.0401. The van der Waals surface area contributed by atoms with E-state index in [4.69, 9.17) is 10.5 Å². The van der Waals surface area contributed by atoms with Crippen molar-refractivity contribution in [1.29, 1.82) is 0 Å². The third-order valence-electron chi connectivity index (χ3n) is 4.49. The fourth-order valence-electron chi connectivity index (χ4n) is 3.07. The van der Waals surface area contributed by atoms with Crippen molar-refractivity contribution in [1.82, 2.24) is 4.90 Å². The quantitative estimate of drug-likeness (QED) is 0.919. The van der Waals surface area contributed by atoms with Gasteiger partial charge in [0.25, 0.3) is 0 Å². The van der Waals surface area contributed by atoms with Crippen LogP contribution < -0.4 is 5.73 Å². The van der Waals surface area contributed by atoms with E-state index in [9.17, 15) is 0 Å². The summed E-state index contributed by atoms with van der Waals surface area (Å²) in [6.07, 6.45) is 1.07. The lowest BCUT2D eigenvalue weighted by Crippen LogP contribution is -2.58. The minimum absolute atomic E-state index is 0.0401. The molecule has 2 unspecified atom stereocenters. The van der Waals surface area contributed by atoms with Gasteiger partial charge in [-0.2, -0.15) is 0 Å². The first-order valence-corrected chi connectivity index (χ1v) is 7.64. The van der Waals surface area contributed by atoms with E-state index in [1.807, 2.05) is 0 Å². The van der Waals surface area contributed by atoms with Crippen molar-refractivity contribution in [2.24, 2.45) is 5.73 Å². The molecule has 1 aromatic rings. The molecule has 2 rings (SSSR count). The van der Waals surface area contributed by atoms with Crippen LogP contribution in [0.2, 0.25) is 0 Å². The molecule has 2 atom stereocenters. The Hall–Kier alpha value is -0.900. The zero-order valence-electron chi connectivity index (χ0n) is 13.2. The second-order valence-electron chi connectivity index (χ2n) is 6.42. The highest BCUT2D eigenvalue weighted by molar-refractivity contribution is 5.26. The lowest BCUT2D eigenvalue weighted by molar-refractivity contribution is -0.0730. The average Bonchev–Trinajstić information content (AvgIpc) is 2.45. The Morgan fingerprint density at radius 1 is 1.30 bits per heavy atom. The van der Waals surface area contributed by atoms with Gasteiger partial charge in [0.05, 0.1) is 13.2 Å². The van der Waals surface area contributed by atoms with Crippen LogP contribution in [0.3, 0.4) is 0 Å². The number of morpholine rings is 1. The molecule has 0 aromatic heterocycles. The normalized spacial score (nSPS) is 22.4. The van der Waals surface area contributed by atoms with Crippen molar-refractivity contribution in [2.45, 2.75) is 51.7 Å². The molecule has 0 amide bonds. The van der Waals surface area contributed by atoms with E-state index in [-0.39, 0.29) is 11.6 Å². The molecule has 3 heteroatoms. The number of rotatable bonds is 4. The van der Waals surface area contributed by atoms with Crippen LogP contribution in [0.5, 0.6) is 0 Å². The second-order valence-corrected chi connectivity index (χ2v) is 6.42. The van der Waals surface area contributed by atoms with Crippen molar-refractivity contribution >= 4 is 0 Å². The molecule has 20 heavy (non-hydrogen) atoms. The van der Waals surface area contributed by atoms with Gasteiger partial charge in [0.2, 0.25) is 0 Å². The summed E-state index contributed by atoms with van der Waals surface area (Å²) < 4.78 is 5.60. The Labute approximate surface area is 123 Å². The van der Waals surface area contributed by atoms with E-state index in [1.54, 1.807) is 0 Å². The van der Waals surface area contributed by atoms with Gasteiger partial charge in [0.1, 0.15) is 0 Å². The van der Waals surface area contributed by atoms with Crippen molar-refractivity contribution in [3.8, 4) is 0 Å². The molecule has 0 spiro atoms. The summed E-state index contributed by atoms with van der Waals surface area (Å²) in [7, 11) is 0. The number of ether oxygens (including phenoxy) is 1. The number of nitrogens with two attached hydrogens (primary N) is 1. The van der Waals surface area contributed by atoms with E-state index >= 15 is 0 Å². The SMILES string of the molecule is CCc1ccc(C(N)C(C)N2CCOCC2(C)C)cc1. The minimum Gasteiger partial charge on any atom is -0.378 e. The molecular weight excluding hydrogens is 248 g/mol. The molecular formula is C17H28N2O. The van der Waals surface area contributed by atoms with Crippen LogP contribution in [0.15, 0.2) is 24.3 Å². The molecule has 1 aliphatic heterocycles. The first-order chi connectivity index (χ1) is 9.45. The van der Waals surface area contributed by atoms with Crippen LogP contribution in [0.25, 0.3) is 0 Å². The van der Waals surface area contributed by atoms with Gasteiger partial charge >= 0.3 is 0 Å². The molecule has 1 aliphatic rings. The summed E-state index contributed by atoms with van der Waals surface area (Å²) in [6, 6.07) is 9.07. The monoisotopic (exact) mass is 276 g/mol. The maximum Gasteiger partial charge on any atom is 0.0645 e. The number of hydrogen-bond acceptors (Lipinski definition) is 3. The largest absolute Gasteiger partial charge is 0.378 e. The maximum absolute atomic E-state index is 6.50. The standard InChI is InChI=1S/C17H28N2O/c1-5-14-6-8-15(9-7-14)16(18)13(2)19-10-11-20-12-17(19,3)4/h6-9,13,16H,5,10-12,18H2,1-4H3. The van der Waals surface area contributed by atoms with Crippen molar-refractivity contribution in [3.63, 3.8) is 0 Å². The number of benzene rings is 1. The van der Waals surface area contributed by atoms with Crippen molar-refractivity contribution in [2.75, 3.05) is 19.8 Å². The number of nitrogens with zero attached hydrogens (tertiary/aromatic N) is 1. The van der Waals surface area contributed by atoms with Crippen molar-refractivity contribution in [3.05, 3.63) is 35.4 Å².